The van der Waals surface area contributed by atoms with E-state index in [9.17, 15) is 0 Å². The van der Waals surface area contributed by atoms with Crippen molar-refractivity contribution in [1.29, 1.82) is 0 Å². The Labute approximate surface area is 126 Å². The fraction of sp³-hybridized carbons (Fsp3) is 0.333. The quantitative estimate of drug-likeness (QED) is 0.809. The summed E-state index contributed by atoms with van der Waals surface area (Å²) in [6.45, 7) is 4.95. The third-order valence-electron chi connectivity index (χ3n) is 3.34. The number of ether oxygens (including phenoxy) is 2. The minimum atomic E-state index is 0.244. The molecule has 1 unspecified atom stereocenters. The molecule has 0 aliphatic heterocycles. The molecule has 0 aromatic heterocycles. The molecule has 21 heavy (non-hydrogen) atoms. The van der Waals surface area contributed by atoms with Crippen LogP contribution in [0.15, 0.2) is 48.5 Å². The molecule has 1 atom stereocenters. The van der Waals surface area contributed by atoms with Gasteiger partial charge in [0.15, 0.2) is 0 Å². The van der Waals surface area contributed by atoms with Crippen molar-refractivity contribution in [2.45, 2.75) is 26.3 Å². The van der Waals surface area contributed by atoms with Crippen LogP contribution in [-0.2, 0) is 0 Å². The summed E-state index contributed by atoms with van der Waals surface area (Å²) in [5.41, 5.74) is 1.14. The van der Waals surface area contributed by atoms with Gasteiger partial charge in [0.1, 0.15) is 17.2 Å². The van der Waals surface area contributed by atoms with E-state index in [1.165, 1.54) is 0 Å². The third-order valence-corrected chi connectivity index (χ3v) is 3.34. The Balaban J connectivity index is 2.11. The van der Waals surface area contributed by atoms with Crippen LogP contribution < -0.4 is 14.8 Å². The molecular formula is C18H23NO2. The Kier molecular flexibility index (Phi) is 5.64. The molecule has 3 nitrogen and oxygen atoms in total. The van der Waals surface area contributed by atoms with Crippen LogP contribution in [0.2, 0.25) is 0 Å². The van der Waals surface area contributed by atoms with Crippen LogP contribution in [0.1, 0.15) is 31.9 Å². The highest BCUT2D eigenvalue weighted by Crippen LogP contribution is 2.30. The average Bonchev–Trinajstić information content (AvgIpc) is 2.54. The van der Waals surface area contributed by atoms with Crippen molar-refractivity contribution in [2.75, 3.05) is 13.7 Å². The van der Waals surface area contributed by atoms with Crippen molar-refractivity contribution >= 4 is 0 Å². The largest absolute Gasteiger partial charge is 0.494 e. The van der Waals surface area contributed by atoms with Gasteiger partial charge in [-0.15, -0.1) is 0 Å². The van der Waals surface area contributed by atoms with Gasteiger partial charge in [-0.25, -0.2) is 0 Å². The molecule has 2 rings (SSSR count). The highest BCUT2D eigenvalue weighted by Gasteiger charge is 2.10. The van der Waals surface area contributed by atoms with Gasteiger partial charge in [0, 0.05) is 11.6 Å². The second kappa shape index (κ2) is 7.70. The van der Waals surface area contributed by atoms with Crippen LogP contribution in [0.25, 0.3) is 0 Å². The lowest BCUT2D eigenvalue weighted by Gasteiger charge is -2.16. The molecule has 0 spiro atoms. The predicted molar refractivity (Wildman–Crippen MR) is 86.2 cm³/mol. The van der Waals surface area contributed by atoms with Crippen molar-refractivity contribution < 1.29 is 9.47 Å². The van der Waals surface area contributed by atoms with E-state index in [2.05, 4.69) is 25.2 Å². The van der Waals surface area contributed by atoms with E-state index < -0.39 is 0 Å². The van der Waals surface area contributed by atoms with Gasteiger partial charge in [-0.2, -0.15) is 0 Å². The molecule has 3 heteroatoms. The smallest absolute Gasteiger partial charge is 0.132 e. The van der Waals surface area contributed by atoms with E-state index in [0.717, 1.165) is 35.8 Å². The zero-order chi connectivity index (χ0) is 15.1. The zero-order valence-electron chi connectivity index (χ0n) is 12.9. The Hall–Kier alpha value is -2.00. The molecular weight excluding hydrogens is 262 g/mol. The maximum Gasteiger partial charge on any atom is 0.132 e. The maximum absolute atomic E-state index is 6.00. The van der Waals surface area contributed by atoms with E-state index in [1.54, 1.807) is 0 Å². The van der Waals surface area contributed by atoms with Gasteiger partial charge in [0.05, 0.1) is 6.61 Å². The fourth-order valence-corrected chi connectivity index (χ4v) is 2.04. The summed E-state index contributed by atoms with van der Waals surface area (Å²) in [6, 6.07) is 16.1. The van der Waals surface area contributed by atoms with Crippen molar-refractivity contribution in [1.82, 2.24) is 5.32 Å². The van der Waals surface area contributed by atoms with Crippen LogP contribution in [0.4, 0.5) is 0 Å². The summed E-state index contributed by atoms with van der Waals surface area (Å²) < 4.78 is 11.6. The molecule has 0 heterocycles. The van der Waals surface area contributed by atoms with E-state index in [-0.39, 0.29) is 6.04 Å². The van der Waals surface area contributed by atoms with Crippen LogP contribution in [0.3, 0.4) is 0 Å². The summed E-state index contributed by atoms with van der Waals surface area (Å²) in [6.07, 6.45) is 1.01. The molecule has 0 saturated heterocycles. The minimum absolute atomic E-state index is 0.244. The predicted octanol–water partition coefficient (Wildman–Crippen LogP) is 4.55. The Morgan fingerprint density at radius 3 is 2.33 bits per heavy atom. The van der Waals surface area contributed by atoms with E-state index in [4.69, 9.17) is 9.47 Å². The van der Waals surface area contributed by atoms with Gasteiger partial charge in [0.2, 0.25) is 0 Å². The molecule has 0 bridgehead atoms. The molecule has 1 N–H and O–H groups in total. The van der Waals surface area contributed by atoms with Crippen molar-refractivity contribution in [3.8, 4) is 17.2 Å². The monoisotopic (exact) mass is 285 g/mol. The van der Waals surface area contributed by atoms with Crippen LogP contribution in [0.5, 0.6) is 17.2 Å². The molecule has 0 saturated carbocycles. The van der Waals surface area contributed by atoms with Gasteiger partial charge in [0.25, 0.3) is 0 Å². The highest BCUT2D eigenvalue weighted by atomic mass is 16.5. The summed E-state index contributed by atoms with van der Waals surface area (Å²) in [5.74, 6) is 2.57. The van der Waals surface area contributed by atoms with E-state index in [1.807, 2.05) is 49.5 Å². The summed E-state index contributed by atoms with van der Waals surface area (Å²) in [4.78, 5) is 0. The molecule has 2 aromatic carbocycles. The first-order valence-electron chi connectivity index (χ1n) is 7.41. The number of para-hydroxylation sites is 1. The first-order chi connectivity index (χ1) is 10.2. The minimum Gasteiger partial charge on any atom is -0.494 e. The molecule has 112 valence electrons. The molecule has 0 aliphatic rings. The summed E-state index contributed by atoms with van der Waals surface area (Å²) >= 11 is 0. The number of rotatable bonds is 7. The number of hydrogen-bond donors (Lipinski definition) is 1. The average molecular weight is 285 g/mol. The normalized spacial score (nSPS) is 12.0. The number of nitrogens with one attached hydrogen (secondary N) is 1. The first kappa shape index (κ1) is 15.4. The number of hydrogen-bond acceptors (Lipinski definition) is 3. The third kappa shape index (κ3) is 4.23. The highest BCUT2D eigenvalue weighted by molar-refractivity contribution is 5.40. The van der Waals surface area contributed by atoms with Crippen LogP contribution in [0, 0.1) is 0 Å². The van der Waals surface area contributed by atoms with E-state index in [0.29, 0.717) is 0 Å². The summed E-state index contributed by atoms with van der Waals surface area (Å²) in [5, 5.41) is 3.24. The fourth-order valence-electron chi connectivity index (χ4n) is 2.04. The van der Waals surface area contributed by atoms with Gasteiger partial charge in [-0.05, 0) is 50.7 Å². The molecule has 2 aromatic rings. The lowest BCUT2D eigenvalue weighted by Crippen LogP contribution is -2.13. The molecule has 0 amide bonds. The van der Waals surface area contributed by atoms with Gasteiger partial charge < -0.3 is 14.8 Å². The number of benzene rings is 2. The van der Waals surface area contributed by atoms with Crippen molar-refractivity contribution in [3.05, 3.63) is 54.1 Å². The SMILES string of the molecule is CCCOc1ccc(Oc2ccccc2C(C)NC)cc1. The van der Waals surface area contributed by atoms with Gasteiger partial charge in [-0.3, -0.25) is 0 Å². The maximum atomic E-state index is 6.00. The first-order valence-corrected chi connectivity index (χ1v) is 7.41. The second-order valence-corrected chi connectivity index (χ2v) is 4.97. The zero-order valence-corrected chi connectivity index (χ0v) is 12.9. The standard InChI is InChI=1S/C18H23NO2/c1-4-13-20-15-9-11-16(12-10-15)21-18-8-6-5-7-17(18)14(2)19-3/h5-12,14,19H,4,13H2,1-3H3. The Bertz CT molecular complexity index is 551. The van der Waals surface area contributed by atoms with Crippen LogP contribution >= 0.6 is 0 Å². The van der Waals surface area contributed by atoms with Crippen molar-refractivity contribution in [3.63, 3.8) is 0 Å². The molecule has 0 radical (unpaired) electrons. The molecule has 0 fully saturated rings. The van der Waals surface area contributed by atoms with Gasteiger partial charge in [-0.1, -0.05) is 25.1 Å². The Morgan fingerprint density at radius 1 is 1.00 bits per heavy atom. The summed E-state index contributed by atoms with van der Waals surface area (Å²) in [7, 11) is 1.95. The molecule has 0 aliphatic carbocycles. The van der Waals surface area contributed by atoms with Crippen LogP contribution in [-0.4, -0.2) is 13.7 Å². The van der Waals surface area contributed by atoms with Gasteiger partial charge >= 0.3 is 0 Å². The Morgan fingerprint density at radius 2 is 1.67 bits per heavy atom. The topological polar surface area (TPSA) is 30.5 Å². The van der Waals surface area contributed by atoms with Crippen molar-refractivity contribution in [2.24, 2.45) is 0 Å². The second-order valence-electron chi connectivity index (χ2n) is 4.97. The lowest BCUT2D eigenvalue weighted by atomic mass is 10.1. The lowest BCUT2D eigenvalue weighted by molar-refractivity contribution is 0.317. The van der Waals surface area contributed by atoms with E-state index >= 15 is 0 Å².